The average Bonchev–Trinajstić information content (AvgIpc) is 2.56. The van der Waals surface area contributed by atoms with Gasteiger partial charge in [0, 0.05) is 10.6 Å². The van der Waals surface area contributed by atoms with Crippen LogP contribution in [0.3, 0.4) is 0 Å². The van der Waals surface area contributed by atoms with E-state index in [-0.39, 0.29) is 18.9 Å². The van der Waals surface area contributed by atoms with Crippen molar-refractivity contribution in [3.05, 3.63) is 64.7 Å². The van der Waals surface area contributed by atoms with Crippen LogP contribution in [-0.4, -0.2) is 33.7 Å². The van der Waals surface area contributed by atoms with Gasteiger partial charge in [0.2, 0.25) is 0 Å². The molecule has 0 aliphatic carbocycles. The molecule has 2 aromatic rings. The Bertz CT molecular complexity index is 720. The van der Waals surface area contributed by atoms with E-state index in [0.717, 1.165) is 10.5 Å². The van der Waals surface area contributed by atoms with Crippen molar-refractivity contribution in [2.45, 2.75) is 13.2 Å². The molecule has 0 saturated carbocycles. The van der Waals surface area contributed by atoms with E-state index in [1.54, 1.807) is 12.1 Å². The Morgan fingerprint density at radius 1 is 1.12 bits per heavy atom. The number of aliphatic carboxylic acids is 1. The molecule has 0 heterocycles. The highest BCUT2D eigenvalue weighted by atomic mass is 35.5. The highest BCUT2D eigenvalue weighted by Crippen LogP contribution is 2.23. The molecule has 0 aliphatic rings. The Balaban J connectivity index is 2.07. The van der Waals surface area contributed by atoms with Crippen LogP contribution < -0.4 is 0 Å². The average molecular weight is 350 g/mol. The SMILES string of the molecule is O=C(O)CN(Cc1cc(Cl)ccc1O)C(=O)OCc1ccccc1. The first-order valence-electron chi connectivity index (χ1n) is 7.10. The second kappa shape index (κ2) is 8.21. The molecule has 0 bridgehead atoms. The molecule has 0 radical (unpaired) electrons. The second-order valence-electron chi connectivity index (χ2n) is 5.06. The zero-order chi connectivity index (χ0) is 17.5. The topological polar surface area (TPSA) is 87.1 Å². The predicted molar refractivity (Wildman–Crippen MR) is 87.8 cm³/mol. The molecule has 2 rings (SSSR count). The normalized spacial score (nSPS) is 10.2. The van der Waals surface area contributed by atoms with Crippen molar-refractivity contribution in [3.63, 3.8) is 0 Å². The van der Waals surface area contributed by atoms with Gasteiger partial charge in [-0.2, -0.15) is 0 Å². The third-order valence-corrected chi connectivity index (χ3v) is 3.43. The molecule has 0 atom stereocenters. The number of rotatable bonds is 6. The molecule has 6 nitrogen and oxygen atoms in total. The number of phenolic OH excluding ortho intramolecular Hbond substituents is 1. The molecule has 0 aromatic heterocycles. The lowest BCUT2D eigenvalue weighted by molar-refractivity contribution is -0.138. The number of ether oxygens (including phenoxy) is 1. The van der Waals surface area contributed by atoms with Crippen molar-refractivity contribution >= 4 is 23.7 Å². The van der Waals surface area contributed by atoms with Gasteiger partial charge in [-0.15, -0.1) is 0 Å². The third-order valence-electron chi connectivity index (χ3n) is 3.19. The number of halogens is 1. The smallest absolute Gasteiger partial charge is 0.410 e. The predicted octanol–water partition coefficient (Wildman–Crippen LogP) is 3.27. The zero-order valence-corrected chi connectivity index (χ0v) is 13.4. The number of amides is 1. The molecule has 126 valence electrons. The molecular formula is C17H16ClNO5. The molecular weight excluding hydrogens is 334 g/mol. The minimum Gasteiger partial charge on any atom is -0.508 e. The number of carbonyl (C=O) groups excluding carboxylic acids is 1. The number of benzene rings is 2. The van der Waals surface area contributed by atoms with Gasteiger partial charge < -0.3 is 14.9 Å². The Hall–Kier alpha value is -2.73. The molecule has 0 spiro atoms. The van der Waals surface area contributed by atoms with Crippen LogP contribution in [0.15, 0.2) is 48.5 Å². The van der Waals surface area contributed by atoms with Crippen LogP contribution in [0.5, 0.6) is 5.75 Å². The summed E-state index contributed by atoms with van der Waals surface area (Å²) in [6.07, 6.45) is -0.791. The van der Waals surface area contributed by atoms with E-state index < -0.39 is 18.6 Å². The maximum atomic E-state index is 12.2. The minimum absolute atomic E-state index is 0.0251. The van der Waals surface area contributed by atoms with Crippen LogP contribution in [0.4, 0.5) is 4.79 Å². The van der Waals surface area contributed by atoms with Gasteiger partial charge in [0.1, 0.15) is 18.9 Å². The Kier molecular flexibility index (Phi) is 6.03. The van der Waals surface area contributed by atoms with E-state index >= 15 is 0 Å². The van der Waals surface area contributed by atoms with Crippen LogP contribution in [0.1, 0.15) is 11.1 Å². The Morgan fingerprint density at radius 2 is 1.83 bits per heavy atom. The molecule has 0 fully saturated rings. The van der Waals surface area contributed by atoms with Gasteiger partial charge in [-0.1, -0.05) is 41.9 Å². The van der Waals surface area contributed by atoms with Crippen LogP contribution in [0.2, 0.25) is 5.02 Å². The molecule has 0 saturated heterocycles. The van der Waals surface area contributed by atoms with Gasteiger partial charge in [0.25, 0.3) is 0 Å². The van der Waals surface area contributed by atoms with Gasteiger partial charge in [-0.05, 0) is 23.8 Å². The first kappa shape index (κ1) is 17.6. The lowest BCUT2D eigenvalue weighted by Gasteiger charge is -2.21. The number of carboxylic acids is 1. The summed E-state index contributed by atoms with van der Waals surface area (Å²) in [6.45, 7) is -0.663. The van der Waals surface area contributed by atoms with Crippen LogP contribution in [-0.2, 0) is 22.7 Å². The summed E-state index contributed by atoms with van der Waals surface area (Å²) in [4.78, 5) is 24.2. The van der Waals surface area contributed by atoms with Crippen LogP contribution in [0, 0.1) is 0 Å². The molecule has 1 amide bonds. The Morgan fingerprint density at radius 3 is 2.50 bits per heavy atom. The standard InChI is InChI=1S/C17H16ClNO5/c18-14-6-7-15(20)13(8-14)9-19(10-16(21)22)17(23)24-11-12-4-2-1-3-5-12/h1-8,20H,9-11H2,(H,21,22). The number of nitrogens with zero attached hydrogens (tertiary/aromatic N) is 1. The molecule has 0 unspecified atom stereocenters. The van der Waals surface area contributed by atoms with E-state index in [1.807, 2.05) is 18.2 Å². The van der Waals surface area contributed by atoms with Crippen molar-refractivity contribution in [2.75, 3.05) is 6.54 Å². The summed E-state index contributed by atoms with van der Waals surface area (Å²) in [5.41, 5.74) is 1.12. The van der Waals surface area contributed by atoms with Crippen molar-refractivity contribution in [1.82, 2.24) is 4.90 Å². The van der Waals surface area contributed by atoms with E-state index in [0.29, 0.717) is 10.6 Å². The van der Waals surface area contributed by atoms with E-state index in [2.05, 4.69) is 0 Å². The van der Waals surface area contributed by atoms with Gasteiger partial charge in [-0.3, -0.25) is 9.69 Å². The summed E-state index contributed by atoms with van der Waals surface area (Å²) in [6, 6.07) is 13.4. The molecule has 7 heteroatoms. The zero-order valence-electron chi connectivity index (χ0n) is 12.7. The molecule has 2 aromatic carbocycles. The third kappa shape index (κ3) is 5.17. The number of hydrogen-bond acceptors (Lipinski definition) is 4. The number of aromatic hydroxyl groups is 1. The number of carbonyl (C=O) groups is 2. The van der Waals surface area contributed by atoms with Crippen molar-refractivity contribution < 1.29 is 24.5 Å². The number of hydrogen-bond donors (Lipinski definition) is 2. The van der Waals surface area contributed by atoms with Gasteiger partial charge in [0.15, 0.2) is 0 Å². The van der Waals surface area contributed by atoms with Gasteiger partial charge >= 0.3 is 12.1 Å². The quantitative estimate of drug-likeness (QED) is 0.835. The second-order valence-corrected chi connectivity index (χ2v) is 5.50. The van der Waals surface area contributed by atoms with E-state index in [9.17, 15) is 14.7 Å². The summed E-state index contributed by atoms with van der Waals surface area (Å²) < 4.78 is 5.14. The molecule has 24 heavy (non-hydrogen) atoms. The van der Waals surface area contributed by atoms with Gasteiger partial charge in [0.05, 0.1) is 6.54 Å². The summed E-state index contributed by atoms with van der Waals surface area (Å²) in [5, 5.41) is 19.2. The minimum atomic E-state index is -1.19. The lowest BCUT2D eigenvalue weighted by atomic mass is 10.2. The Labute approximate surface area is 143 Å². The van der Waals surface area contributed by atoms with E-state index in [1.165, 1.54) is 18.2 Å². The fourth-order valence-electron chi connectivity index (χ4n) is 2.05. The van der Waals surface area contributed by atoms with Crippen LogP contribution >= 0.6 is 11.6 Å². The molecule has 0 aliphatic heterocycles. The summed E-state index contributed by atoms with van der Waals surface area (Å²) >= 11 is 5.86. The summed E-state index contributed by atoms with van der Waals surface area (Å²) in [5.74, 6) is -1.26. The highest BCUT2D eigenvalue weighted by molar-refractivity contribution is 6.30. The largest absolute Gasteiger partial charge is 0.508 e. The maximum absolute atomic E-state index is 12.2. The van der Waals surface area contributed by atoms with Gasteiger partial charge in [-0.25, -0.2) is 4.79 Å². The highest BCUT2D eigenvalue weighted by Gasteiger charge is 2.20. The monoisotopic (exact) mass is 349 g/mol. The molecule has 2 N–H and O–H groups in total. The first-order chi connectivity index (χ1) is 11.5. The lowest BCUT2D eigenvalue weighted by Crippen LogP contribution is -2.35. The number of phenols is 1. The number of carboxylic acid groups (broad SMARTS) is 1. The van der Waals surface area contributed by atoms with Crippen molar-refractivity contribution in [3.8, 4) is 5.75 Å². The summed E-state index contributed by atoms with van der Waals surface area (Å²) in [7, 11) is 0. The first-order valence-corrected chi connectivity index (χ1v) is 7.48. The maximum Gasteiger partial charge on any atom is 0.410 e. The fourth-order valence-corrected chi connectivity index (χ4v) is 2.24. The van der Waals surface area contributed by atoms with Crippen LogP contribution in [0.25, 0.3) is 0 Å². The van der Waals surface area contributed by atoms with E-state index in [4.69, 9.17) is 21.4 Å². The van der Waals surface area contributed by atoms with Crippen molar-refractivity contribution in [1.29, 1.82) is 0 Å². The van der Waals surface area contributed by atoms with Crippen molar-refractivity contribution in [2.24, 2.45) is 0 Å². The fraction of sp³-hybridized carbons (Fsp3) is 0.176.